The molecule has 48 valence electrons. The summed E-state index contributed by atoms with van der Waals surface area (Å²) in [5.74, 6) is 4.30. The molecule has 0 aromatic carbocycles. The normalized spacial score (nSPS) is 8.56. The maximum absolute atomic E-state index is 9.81. The summed E-state index contributed by atoms with van der Waals surface area (Å²) in [7, 11) is 0. The van der Waals surface area contributed by atoms with Crippen molar-refractivity contribution in [3.8, 4) is 11.8 Å². The summed E-state index contributed by atoms with van der Waals surface area (Å²) < 4.78 is 0. The first kappa shape index (κ1) is 7.77. The van der Waals surface area contributed by atoms with Crippen LogP contribution in [-0.2, 0) is 4.79 Å². The van der Waals surface area contributed by atoms with Gasteiger partial charge in [-0.1, -0.05) is 18.8 Å². The Bertz CT molecular complexity index is 169. The van der Waals surface area contributed by atoms with Crippen LogP contribution in [0.5, 0.6) is 0 Å². The highest BCUT2D eigenvalue weighted by atomic mass is 16.4. The van der Waals surface area contributed by atoms with Crippen LogP contribution >= 0.6 is 0 Å². The summed E-state index contributed by atoms with van der Waals surface area (Å²) in [5.41, 5.74) is 0. The third kappa shape index (κ3) is 6.77. The number of hydrogen-bond acceptors (Lipinski definition) is 1. The summed E-state index contributed by atoms with van der Waals surface area (Å²) >= 11 is 0. The van der Waals surface area contributed by atoms with Crippen molar-refractivity contribution in [3.05, 3.63) is 12.2 Å². The van der Waals surface area contributed by atoms with Crippen LogP contribution in [0.15, 0.2) is 12.2 Å². The van der Waals surface area contributed by atoms with Gasteiger partial charge in [0.2, 0.25) is 0 Å². The molecule has 0 aliphatic carbocycles. The molecular weight excluding hydrogens is 116 g/mol. The molecule has 0 saturated heterocycles. The standard InChI is InChI=1S/C7H8O2/c1-2-3-4-5-6-7(8)9/h5-6H,2H2,1H3,(H,8,9). The van der Waals surface area contributed by atoms with Gasteiger partial charge in [0, 0.05) is 12.5 Å². The van der Waals surface area contributed by atoms with Crippen molar-refractivity contribution in [1.29, 1.82) is 0 Å². The number of aliphatic carboxylic acids is 1. The van der Waals surface area contributed by atoms with Crippen LogP contribution in [0.1, 0.15) is 13.3 Å². The van der Waals surface area contributed by atoms with Crippen LogP contribution in [0.2, 0.25) is 0 Å². The summed E-state index contributed by atoms with van der Waals surface area (Å²) in [6, 6.07) is 0. The first-order valence-corrected chi connectivity index (χ1v) is 2.65. The minimum atomic E-state index is -0.958. The molecule has 1 N–H and O–H groups in total. The molecule has 0 unspecified atom stereocenters. The Kier molecular flexibility index (Phi) is 4.25. The number of carbonyl (C=O) groups is 1. The summed E-state index contributed by atoms with van der Waals surface area (Å²) in [6.45, 7) is 1.90. The average molecular weight is 124 g/mol. The molecule has 0 bridgehead atoms. The van der Waals surface area contributed by atoms with E-state index in [1.807, 2.05) is 6.92 Å². The van der Waals surface area contributed by atoms with Gasteiger partial charge in [0.1, 0.15) is 0 Å². The van der Waals surface area contributed by atoms with E-state index in [0.29, 0.717) is 0 Å². The summed E-state index contributed by atoms with van der Waals surface area (Å²) in [6.07, 6.45) is 3.10. The largest absolute Gasteiger partial charge is 0.478 e. The molecule has 0 amide bonds. The Morgan fingerprint density at radius 1 is 1.78 bits per heavy atom. The molecule has 0 radical (unpaired) electrons. The van der Waals surface area contributed by atoms with Crippen molar-refractivity contribution in [2.45, 2.75) is 13.3 Å². The molecule has 0 atom stereocenters. The minimum absolute atomic E-state index is 0.754. The van der Waals surface area contributed by atoms with Crippen molar-refractivity contribution in [2.24, 2.45) is 0 Å². The SMILES string of the molecule is CCC#CC=CC(=O)O. The van der Waals surface area contributed by atoms with Crippen LogP contribution in [0.25, 0.3) is 0 Å². The topological polar surface area (TPSA) is 37.3 Å². The van der Waals surface area contributed by atoms with E-state index >= 15 is 0 Å². The Morgan fingerprint density at radius 2 is 2.44 bits per heavy atom. The van der Waals surface area contributed by atoms with E-state index in [1.165, 1.54) is 6.08 Å². The van der Waals surface area contributed by atoms with Gasteiger partial charge in [-0.05, 0) is 6.08 Å². The lowest BCUT2D eigenvalue weighted by atomic mass is 10.4. The zero-order valence-corrected chi connectivity index (χ0v) is 5.22. The molecule has 2 heteroatoms. The fourth-order valence-corrected chi connectivity index (χ4v) is 0.274. The molecule has 0 aliphatic heterocycles. The van der Waals surface area contributed by atoms with Crippen LogP contribution in [0.3, 0.4) is 0 Å². The number of hydrogen-bond donors (Lipinski definition) is 1. The first-order valence-electron chi connectivity index (χ1n) is 2.65. The number of rotatable bonds is 1. The van der Waals surface area contributed by atoms with Gasteiger partial charge in [0.25, 0.3) is 0 Å². The van der Waals surface area contributed by atoms with Gasteiger partial charge in [-0.15, -0.1) is 0 Å². The second-order valence-corrected chi connectivity index (χ2v) is 1.35. The van der Waals surface area contributed by atoms with Crippen molar-refractivity contribution in [3.63, 3.8) is 0 Å². The number of carboxylic acids is 1. The van der Waals surface area contributed by atoms with E-state index in [4.69, 9.17) is 5.11 Å². The van der Waals surface area contributed by atoms with Gasteiger partial charge in [0.15, 0.2) is 0 Å². The monoisotopic (exact) mass is 124 g/mol. The third-order valence-corrected chi connectivity index (χ3v) is 0.588. The molecular formula is C7H8O2. The maximum atomic E-state index is 9.81. The molecule has 0 aromatic rings. The van der Waals surface area contributed by atoms with Gasteiger partial charge in [-0.3, -0.25) is 0 Å². The van der Waals surface area contributed by atoms with Crippen molar-refractivity contribution >= 4 is 5.97 Å². The Morgan fingerprint density at radius 3 is 2.89 bits per heavy atom. The first-order chi connectivity index (χ1) is 4.27. The third-order valence-electron chi connectivity index (χ3n) is 0.588. The molecule has 0 aliphatic rings. The van der Waals surface area contributed by atoms with E-state index in [0.717, 1.165) is 12.5 Å². The average Bonchev–Trinajstić information content (AvgIpc) is 1.80. The molecule has 9 heavy (non-hydrogen) atoms. The Hall–Kier alpha value is -1.23. The van der Waals surface area contributed by atoms with Gasteiger partial charge in [-0.2, -0.15) is 0 Å². The van der Waals surface area contributed by atoms with Crippen LogP contribution in [0, 0.1) is 11.8 Å². The summed E-state index contributed by atoms with van der Waals surface area (Å²) in [4.78, 5) is 9.81. The van der Waals surface area contributed by atoms with Crippen LogP contribution in [0.4, 0.5) is 0 Å². The summed E-state index contributed by atoms with van der Waals surface area (Å²) in [5, 5.41) is 8.06. The minimum Gasteiger partial charge on any atom is -0.478 e. The molecule has 0 spiro atoms. The van der Waals surface area contributed by atoms with Crippen LogP contribution in [-0.4, -0.2) is 11.1 Å². The molecule has 0 heterocycles. The fourth-order valence-electron chi connectivity index (χ4n) is 0.274. The lowest BCUT2D eigenvalue weighted by Crippen LogP contribution is -1.84. The predicted octanol–water partition coefficient (Wildman–Crippen LogP) is 1.04. The molecule has 0 fully saturated rings. The zero-order chi connectivity index (χ0) is 7.11. The van der Waals surface area contributed by atoms with E-state index in [1.54, 1.807) is 0 Å². The lowest BCUT2D eigenvalue weighted by Gasteiger charge is -1.70. The zero-order valence-electron chi connectivity index (χ0n) is 5.22. The number of allylic oxidation sites excluding steroid dienone is 1. The second-order valence-electron chi connectivity index (χ2n) is 1.35. The Balaban J connectivity index is 3.59. The van der Waals surface area contributed by atoms with Gasteiger partial charge < -0.3 is 5.11 Å². The highest BCUT2D eigenvalue weighted by Crippen LogP contribution is 1.71. The molecule has 2 nitrogen and oxygen atoms in total. The van der Waals surface area contributed by atoms with Crippen molar-refractivity contribution in [2.75, 3.05) is 0 Å². The van der Waals surface area contributed by atoms with E-state index in [2.05, 4.69) is 11.8 Å². The van der Waals surface area contributed by atoms with E-state index in [-0.39, 0.29) is 0 Å². The van der Waals surface area contributed by atoms with Gasteiger partial charge >= 0.3 is 5.97 Å². The lowest BCUT2D eigenvalue weighted by molar-refractivity contribution is -0.131. The smallest absolute Gasteiger partial charge is 0.328 e. The molecule has 0 saturated carbocycles. The molecule has 0 aromatic heterocycles. The maximum Gasteiger partial charge on any atom is 0.328 e. The van der Waals surface area contributed by atoms with Crippen molar-refractivity contribution in [1.82, 2.24) is 0 Å². The van der Waals surface area contributed by atoms with E-state index in [9.17, 15) is 4.79 Å². The van der Waals surface area contributed by atoms with Crippen LogP contribution < -0.4 is 0 Å². The highest BCUT2D eigenvalue weighted by Gasteiger charge is 1.78. The second kappa shape index (κ2) is 4.92. The van der Waals surface area contributed by atoms with Gasteiger partial charge in [0.05, 0.1) is 0 Å². The fraction of sp³-hybridized carbons (Fsp3) is 0.286. The van der Waals surface area contributed by atoms with Crippen molar-refractivity contribution < 1.29 is 9.90 Å². The highest BCUT2D eigenvalue weighted by molar-refractivity contribution is 5.80. The quantitative estimate of drug-likeness (QED) is 0.419. The Labute approximate surface area is 54.2 Å². The van der Waals surface area contributed by atoms with Gasteiger partial charge in [-0.25, -0.2) is 4.79 Å². The van der Waals surface area contributed by atoms with E-state index < -0.39 is 5.97 Å². The molecule has 0 rings (SSSR count). The predicted molar refractivity (Wildman–Crippen MR) is 34.8 cm³/mol. The number of carboxylic acid groups (broad SMARTS) is 1.